The monoisotopic (exact) mass is 490 g/mol. The van der Waals surface area contributed by atoms with Crippen molar-refractivity contribution in [1.29, 1.82) is 0 Å². The molecule has 5 aromatic rings. The molecule has 5 aromatic carbocycles. The third kappa shape index (κ3) is 5.20. The molecule has 0 heterocycles. The molecule has 0 aromatic heterocycles. The van der Waals surface area contributed by atoms with Crippen LogP contribution < -0.4 is 15.9 Å². The van der Waals surface area contributed by atoms with Gasteiger partial charge in [-0.05, 0) is 42.0 Å². The van der Waals surface area contributed by atoms with Crippen LogP contribution in [0, 0.1) is 0 Å². The highest BCUT2D eigenvalue weighted by molar-refractivity contribution is 7.87. The van der Waals surface area contributed by atoms with Crippen LogP contribution in [0.2, 0.25) is 5.02 Å². The molecule has 4 heteroatoms. The zero-order valence-corrected chi connectivity index (χ0v) is 20.7. The molecular weight excluding hydrogens is 467 g/mol. The average molecular weight is 491 g/mol. The summed E-state index contributed by atoms with van der Waals surface area (Å²) in [7, 11) is -2.28. The van der Waals surface area contributed by atoms with Crippen molar-refractivity contribution in [3.8, 4) is 0 Å². The Morgan fingerprint density at radius 1 is 0.486 bits per heavy atom. The van der Waals surface area contributed by atoms with Crippen LogP contribution in [0.15, 0.2) is 149 Å². The number of halogens is 1. The van der Waals surface area contributed by atoms with Gasteiger partial charge in [-0.2, -0.15) is 0 Å². The lowest BCUT2D eigenvalue weighted by Crippen LogP contribution is -2.25. The molecule has 170 valence electrons. The van der Waals surface area contributed by atoms with E-state index in [1.54, 1.807) is 0 Å². The maximum Gasteiger partial charge on any atom is 0.0630 e. The fourth-order valence-electron chi connectivity index (χ4n) is 4.03. The second kappa shape index (κ2) is 10.7. The molecule has 2 nitrogen and oxygen atoms in total. The van der Waals surface area contributed by atoms with Gasteiger partial charge in [0, 0.05) is 27.2 Å². The number of hydrogen-bond donors (Lipinski definition) is 0. The van der Waals surface area contributed by atoms with Gasteiger partial charge in [0.1, 0.15) is 0 Å². The molecule has 0 saturated heterocycles. The highest BCUT2D eigenvalue weighted by Gasteiger charge is 2.27. The second-order valence-corrected chi connectivity index (χ2v) is 11.5. The fraction of sp³-hybridized carbons (Fsp3) is 0. The number of benzene rings is 5. The Balaban J connectivity index is 1.62. The summed E-state index contributed by atoms with van der Waals surface area (Å²) in [6.45, 7) is 0. The Morgan fingerprint density at radius 3 is 1.37 bits per heavy atom. The minimum Gasteiger partial charge on any atom is -0.256 e. The molecule has 0 unspecified atom stereocenters. The van der Waals surface area contributed by atoms with Gasteiger partial charge in [-0.15, -0.1) is 0 Å². The predicted molar refractivity (Wildman–Crippen MR) is 152 cm³/mol. The molecule has 0 bridgehead atoms. The van der Waals surface area contributed by atoms with Crippen LogP contribution in [0.5, 0.6) is 0 Å². The van der Waals surface area contributed by atoms with E-state index >= 15 is 0 Å². The molecule has 35 heavy (non-hydrogen) atoms. The first-order valence-electron chi connectivity index (χ1n) is 11.4. The van der Waals surface area contributed by atoms with Crippen molar-refractivity contribution in [3.05, 3.63) is 150 Å². The van der Waals surface area contributed by atoms with Gasteiger partial charge in [0.2, 0.25) is 0 Å². The van der Waals surface area contributed by atoms with E-state index in [0.717, 1.165) is 16.9 Å². The SMILES string of the molecule is Clc1ccc(N=Cc2ccc(N=P(c3ccccc3)(c3ccccc3)c3ccccc3)cc2)cc1. The molecule has 0 radical (unpaired) electrons. The zero-order valence-electron chi connectivity index (χ0n) is 19.1. The van der Waals surface area contributed by atoms with Crippen LogP contribution >= 0.6 is 18.7 Å². The lowest BCUT2D eigenvalue weighted by molar-refractivity contribution is 1.51. The molecular formula is C31H24ClN2P. The van der Waals surface area contributed by atoms with Crippen molar-refractivity contribution in [1.82, 2.24) is 0 Å². The number of rotatable bonds is 6. The van der Waals surface area contributed by atoms with E-state index in [2.05, 4.69) is 120 Å². The smallest absolute Gasteiger partial charge is 0.0630 e. The third-order valence-corrected chi connectivity index (χ3v) is 9.66. The molecule has 0 saturated carbocycles. The van der Waals surface area contributed by atoms with Gasteiger partial charge in [-0.25, -0.2) is 0 Å². The quantitative estimate of drug-likeness (QED) is 0.171. The summed E-state index contributed by atoms with van der Waals surface area (Å²) >= 11 is 5.97. The summed E-state index contributed by atoms with van der Waals surface area (Å²) in [4.78, 5) is 4.56. The van der Waals surface area contributed by atoms with Crippen molar-refractivity contribution in [2.45, 2.75) is 0 Å². The van der Waals surface area contributed by atoms with Gasteiger partial charge < -0.3 is 0 Å². The molecule has 0 atom stereocenters. The Hall–Kier alpha value is -3.71. The van der Waals surface area contributed by atoms with Crippen LogP contribution in [0.1, 0.15) is 5.56 Å². The Bertz CT molecular complexity index is 1360. The summed E-state index contributed by atoms with van der Waals surface area (Å²) in [5.41, 5.74) is 2.82. The lowest BCUT2D eigenvalue weighted by atomic mass is 10.2. The number of hydrogen-bond acceptors (Lipinski definition) is 2. The zero-order chi connectivity index (χ0) is 23.9. The van der Waals surface area contributed by atoms with Gasteiger partial charge in [0.05, 0.1) is 18.4 Å². The Kier molecular flexibility index (Phi) is 7.04. The largest absolute Gasteiger partial charge is 0.256 e. The third-order valence-electron chi connectivity index (χ3n) is 5.74. The minimum atomic E-state index is -2.28. The molecule has 0 aliphatic heterocycles. The van der Waals surface area contributed by atoms with E-state index in [9.17, 15) is 0 Å². The van der Waals surface area contributed by atoms with E-state index < -0.39 is 7.05 Å². The van der Waals surface area contributed by atoms with E-state index in [0.29, 0.717) is 5.02 Å². The van der Waals surface area contributed by atoms with E-state index in [1.807, 2.05) is 30.5 Å². The lowest BCUT2D eigenvalue weighted by Gasteiger charge is -2.27. The van der Waals surface area contributed by atoms with E-state index in [1.165, 1.54) is 15.9 Å². The van der Waals surface area contributed by atoms with Crippen molar-refractivity contribution in [2.75, 3.05) is 0 Å². The maximum absolute atomic E-state index is 5.97. The number of aliphatic imine (C=N–C) groups is 1. The predicted octanol–water partition coefficient (Wildman–Crippen LogP) is 7.90. The highest BCUT2D eigenvalue weighted by atomic mass is 35.5. The average Bonchev–Trinajstić information content (AvgIpc) is 2.93. The number of nitrogens with zero attached hydrogens (tertiary/aromatic N) is 2. The molecule has 0 aliphatic carbocycles. The van der Waals surface area contributed by atoms with Gasteiger partial charge in [0.25, 0.3) is 0 Å². The molecule has 0 N–H and O–H groups in total. The second-order valence-electron chi connectivity index (χ2n) is 8.07. The minimum absolute atomic E-state index is 0.706. The van der Waals surface area contributed by atoms with Crippen molar-refractivity contribution >= 4 is 52.2 Å². The standard InChI is InChI=1S/C31H24ClN2P/c32-26-18-22-27(23-19-26)33-24-25-16-20-28(21-17-25)34-35(29-10-4-1-5-11-29,30-12-6-2-7-13-30)31-14-8-3-9-15-31/h1-24H. The summed E-state index contributed by atoms with van der Waals surface area (Å²) in [6, 6.07) is 47.7. The molecule has 0 aliphatic rings. The van der Waals surface area contributed by atoms with Gasteiger partial charge in [-0.3, -0.25) is 9.74 Å². The Labute approximate surface area is 211 Å². The van der Waals surface area contributed by atoms with Crippen LogP contribution in [-0.4, -0.2) is 6.21 Å². The molecule has 0 amide bonds. The molecule has 5 rings (SSSR count). The first-order valence-corrected chi connectivity index (χ1v) is 13.5. The van der Waals surface area contributed by atoms with E-state index in [-0.39, 0.29) is 0 Å². The van der Waals surface area contributed by atoms with Gasteiger partial charge in [-0.1, -0.05) is 115 Å². The van der Waals surface area contributed by atoms with Crippen LogP contribution in [0.3, 0.4) is 0 Å². The molecule has 0 spiro atoms. The van der Waals surface area contributed by atoms with Crippen molar-refractivity contribution < 1.29 is 0 Å². The summed E-state index contributed by atoms with van der Waals surface area (Å²) in [6.07, 6.45) is 1.86. The van der Waals surface area contributed by atoms with Crippen molar-refractivity contribution in [3.63, 3.8) is 0 Å². The molecule has 0 fully saturated rings. The summed E-state index contributed by atoms with van der Waals surface area (Å²) < 4.78 is 5.52. The fourth-order valence-corrected chi connectivity index (χ4v) is 7.69. The van der Waals surface area contributed by atoms with Gasteiger partial charge >= 0.3 is 0 Å². The van der Waals surface area contributed by atoms with Crippen molar-refractivity contribution in [2.24, 2.45) is 9.74 Å². The summed E-state index contributed by atoms with van der Waals surface area (Å²) in [5.74, 6) is 0. The maximum atomic E-state index is 5.97. The topological polar surface area (TPSA) is 24.7 Å². The van der Waals surface area contributed by atoms with Crippen LogP contribution in [-0.2, 0) is 0 Å². The van der Waals surface area contributed by atoms with Crippen LogP contribution in [0.4, 0.5) is 11.4 Å². The normalized spacial score (nSPS) is 11.5. The summed E-state index contributed by atoms with van der Waals surface area (Å²) in [5, 5.41) is 4.39. The first kappa shape index (κ1) is 23.1. The van der Waals surface area contributed by atoms with E-state index in [4.69, 9.17) is 16.3 Å². The van der Waals surface area contributed by atoms with Crippen LogP contribution in [0.25, 0.3) is 0 Å². The van der Waals surface area contributed by atoms with Gasteiger partial charge in [0.15, 0.2) is 0 Å². The highest BCUT2D eigenvalue weighted by Crippen LogP contribution is 2.49. The Morgan fingerprint density at radius 2 is 0.914 bits per heavy atom. The first-order chi connectivity index (χ1) is 17.2.